The van der Waals surface area contributed by atoms with Crippen LogP contribution in [0.5, 0.6) is 0 Å². The number of hydrogen-bond donors (Lipinski definition) is 1. The number of hydrogen-bond acceptors (Lipinski definition) is 7. The molecular weight excluding hydrogens is 420 g/mol. The fraction of sp³-hybridized carbons (Fsp3) is 0.391. The van der Waals surface area contributed by atoms with E-state index in [1.54, 1.807) is 22.0 Å². The van der Waals surface area contributed by atoms with Gasteiger partial charge in [0.05, 0.1) is 24.3 Å². The third-order valence-corrected chi connectivity index (χ3v) is 6.00. The predicted molar refractivity (Wildman–Crippen MR) is 124 cm³/mol. The predicted octanol–water partition coefficient (Wildman–Crippen LogP) is 3.18. The average Bonchev–Trinajstić information content (AvgIpc) is 3.40. The van der Waals surface area contributed by atoms with E-state index in [2.05, 4.69) is 31.2 Å². The minimum Gasteiger partial charge on any atom is -0.465 e. The quantitative estimate of drug-likeness (QED) is 0.509. The van der Waals surface area contributed by atoms with Crippen molar-refractivity contribution in [2.45, 2.75) is 45.3 Å². The van der Waals surface area contributed by atoms with E-state index in [-0.39, 0.29) is 6.04 Å². The summed E-state index contributed by atoms with van der Waals surface area (Å²) in [7, 11) is 0. The standard InChI is InChI=1S/C23H26N8O2/c1-23(2,3)31(22(32)33)17-8-10-29(14-17)19-12-25-20-21(26-19)30(28-27-20)13-15-6-7-18-16(11-15)5-4-9-24-18/h4-7,9,11-12,17H,8,10,13-14H2,1-3H3,(H,32,33)/t17-/m1/s1. The lowest BCUT2D eigenvalue weighted by molar-refractivity contribution is 0.0763. The number of nitrogens with zero attached hydrogens (tertiary/aromatic N) is 8. The minimum atomic E-state index is -0.899. The van der Waals surface area contributed by atoms with Crippen molar-refractivity contribution in [1.82, 2.24) is 34.8 Å². The molecule has 0 spiro atoms. The zero-order chi connectivity index (χ0) is 23.2. The maximum Gasteiger partial charge on any atom is 0.408 e. The smallest absolute Gasteiger partial charge is 0.408 e. The summed E-state index contributed by atoms with van der Waals surface area (Å²) in [6.07, 6.45) is 3.31. The lowest BCUT2D eigenvalue weighted by atomic mass is 10.0. The number of rotatable bonds is 4. The van der Waals surface area contributed by atoms with Gasteiger partial charge in [-0.1, -0.05) is 17.3 Å². The highest BCUT2D eigenvalue weighted by Gasteiger charge is 2.37. The lowest BCUT2D eigenvalue weighted by Crippen LogP contribution is -2.52. The molecule has 1 saturated heterocycles. The molecule has 0 bridgehead atoms. The van der Waals surface area contributed by atoms with Crippen LogP contribution >= 0.6 is 0 Å². The van der Waals surface area contributed by atoms with Crippen LogP contribution in [0.4, 0.5) is 10.6 Å². The Labute approximate surface area is 190 Å². The molecule has 4 aromatic rings. The first-order valence-electron chi connectivity index (χ1n) is 11.0. The Morgan fingerprint density at radius 3 is 2.88 bits per heavy atom. The summed E-state index contributed by atoms with van der Waals surface area (Å²) in [6, 6.07) is 9.96. The first-order valence-corrected chi connectivity index (χ1v) is 11.0. The summed E-state index contributed by atoms with van der Waals surface area (Å²) >= 11 is 0. The summed E-state index contributed by atoms with van der Waals surface area (Å²) in [5, 5.41) is 19.2. The van der Waals surface area contributed by atoms with E-state index in [0.29, 0.717) is 36.7 Å². The van der Waals surface area contributed by atoms with Crippen molar-refractivity contribution < 1.29 is 9.90 Å². The van der Waals surface area contributed by atoms with Gasteiger partial charge in [0.1, 0.15) is 5.82 Å². The van der Waals surface area contributed by atoms with E-state index in [9.17, 15) is 9.90 Å². The highest BCUT2D eigenvalue weighted by molar-refractivity contribution is 5.79. The van der Waals surface area contributed by atoms with Crippen LogP contribution in [0.2, 0.25) is 0 Å². The number of benzene rings is 1. The molecule has 10 heteroatoms. The van der Waals surface area contributed by atoms with Crippen LogP contribution in [0.25, 0.3) is 22.2 Å². The van der Waals surface area contributed by atoms with Crippen molar-refractivity contribution in [1.29, 1.82) is 0 Å². The molecule has 4 heterocycles. The Morgan fingerprint density at radius 1 is 1.24 bits per heavy atom. The van der Waals surface area contributed by atoms with Gasteiger partial charge in [0.2, 0.25) is 5.65 Å². The van der Waals surface area contributed by atoms with Gasteiger partial charge in [-0.25, -0.2) is 19.4 Å². The molecular formula is C23H26N8O2. The fourth-order valence-corrected chi connectivity index (χ4v) is 4.55. The van der Waals surface area contributed by atoms with Gasteiger partial charge in [-0.2, -0.15) is 0 Å². The van der Waals surface area contributed by atoms with Gasteiger partial charge in [0.15, 0.2) is 5.65 Å². The molecule has 0 aliphatic carbocycles. The molecule has 0 unspecified atom stereocenters. The van der Waals surface area contributed by atoms with Crippen LogP contribution in [0, 0.1) is 0 Å². The molecule has 1 N–H and O–H groups in total. The summed E-state index contributed by atoms with van der Waals surface area (Å²) < 4.78 is 1.75. The lowest BCUT2D eigenvalue weighted by Gasteiger charge is -2.37. The molecule has 1 aliphatic rings. The van der Waals surface area contributed by atoms with Gasteiger partial charge < -0.3 is 10.0 Å². The monoisotopic (exact) mass is 446 g/mol. The van der Waals surface area contributed by atoms with Crippen LogP contribution in [-0.2, 0) is 6.54 Å². The number of amides is 1. The van der Waals surface area contributed by atoms with E-state index in [0.717, 1.165) is 22.9 Å². The molecule has 1 aliphatic heterocycles. The van der Waals surface area contributed by atoms with Gasteiger partial charge in [0, 0.05) is 30.2 Å². The van der Waals surface area contributed by atoms with Gasteiger partial charge in [0.25, 0.3) is 0 Å². The van der Waals surface area contributed by atoms with E-state index < -0.39 is 11.6 Å². The van der Waals surface area contributed by atoms with E-state index in [1.165, 1.54) is 0 Å². The van der Waals surface area contributed by atoms with E-state index in [4.69, 9.17) is 4.98 Å². The normalized spacial score (nSPS) is 16.6. The first kappa shape index (κ1) is 21.0. The molecule has 33 heavy (non-hydrogen) atoms. The Hall–Kier alpha value is -3.82. The third kappa shape index (κ3) is 4.04. The minimum absolute atomic E-state index is 0.103. The zero-order valence-corrected chi connectivity index (χ0v) is 18.9. The van der Waals surface area contributed by atoms with Crippen LogP contribution in [0.3, 0.4) is 0 Å². The Bertz CT molecular complexity index is 1330. The number of fused-ring (bicyclic) bond motifs is 2. The Kier molecular flexibility index (Phi) is 5.07. The third-order valence-electron chi connectivity index (χ3n) is 6.00. The van der Waals surface area contributed by atoms with Crippen molar-refractivity contribution in [3.63, 3.8) is 0 Å². The van der Waals surface area contributed by atoms with Crippen molar-refractivity contribution in [3.05, 3.63) is 48.3 Å². The number of pyridine rings is 1. The van der Waals surface area contributed by atoms with E-state index in [1.807, 2.05) is 45.0 Å². The molecule has 5 rings (SSSR count). The number of anilines is 1. The van der Waals surface area contributed by atoms with Crippen LogP contribution in [-0.4, -0.2) is 70.7 Å². The summed E-state index contributed by atoms with van der Waals surface area (Å²) in [5.41, 5.74) is 2.63. The maximum absolute atomic E-state index is 11.9. The molecule has 0 saturated carbocycles. The second kappa shape index (κ2) is 7.95. The first-order chi connectivity index (χ1) is 15.8. The summed E-state index contributed by atoms with van der Waals surface area (Å²) in [5.74, 6) is 0.704. The molecule has 1 fully saturated rings. The van der Waals surface area contributed by atoms with Crippen molar-refractivity contribution in [3.8, 4) is 0 Å². The van der Waals surface area contributed by atoms with Crippen LogP contribution in [0.15, 0.2) is 42.7 Å². The number of carboxylic acid groups (broad SMARTS) is 1. The molecule has 10 nitrogen and oxygen atoms in total. The highest BCUT2D eigenvalue weighted by atomic mass is 16.4. The second-order valence-electron chi connectivity index (χ2n) is 9.36. The summed E-state index contributed by atoms with van der Waals surface area (Å²) in [6.45, 7) is 7.56. The number of aromatic nitrogens is 6. The topological polar surface area (TPSA) is 113 Å². The van der Waals surface area contributed by atoms with Crippen molar-refractivity contribution in [2.75, 3.05) is 18.0 Å². The van der Waals surface area contributed by atoms with Gasteiger partial charge in [-0.3, -0.25) is 9.88 Å². The molecule has 0 radical (unpaired) electrons. The molecule has 1 aromatic carbocycles. The van der Waals surface area contributed by atoms with Crippen LogP contribution in [0.1, 0.15) is 32.8 Å². The second-order valence-corrected chi connectivity index (χ2v) is 9.36. The van der Waals surface area contributed by atoms with Crippen molar-refractivity contribution >= 4 is 34.1 Å². The van der Waals surface area contributed by atoms with Gasteiger partial charge in [-0.15, -0.1) is 5.10 Å². The summed E-state index contributed by atoms with van der Waals surface area (Å²) in [4.78, 5) is 29.1. The van der Waals surface area contributed by atoms with E-state index >= 15 is 0 Å². The SMILES string of the molecule is CC(C)(C)N(C(=O)O)[C@@H]1CCN(c2cnc3nnn(Cc4ccc5ncccc5c4)c3n2)C1. The molecule has 1 atom stereocenters. The molecule has 170 valence electrons. The van der Waals surface area contributed by atoms with Gasteiger partial charge in [-0.05, 0) is 51.0 Å². The fourth-order valence-electron chi connectivity index (χ4n) is 4.55. The Morgan fingerprint density at radius 2 is 2.09 bits per heavy atom. The number of carbonyl (C=O) groups is 1. The van der Waals surface area contributed by atoms with Gasteiger partial charge >= 0.3 is 6.09 Å². The molecule has 3 aromatic heterocycles. The average molecular weight is 447 g/mol. The Balaban J connectivity index is 1.40. The van der Waals surface area contributed by atoms with Crippen molar-refractivity contribution in [2.24, 2.45) is 0 Å². The highest BCUT2D eigenvalue weighted by Crippen LogP contribution is 2.27. The molecule has 1 amide bonds. The maximum atomic E-state index is 11.9. The zero-order valence-electron chi connectivity index (χ0n) is 18.9. The van der Waals surface area contributed by atoms with Crippen LogP contribution < -0.4 is 4.90 Å². The largest absolute Gasteiger partial charge is 0.465 e.